The molecule has 1 aliphatic rings. The molecular formula is C22H24N4O4. The molecule has 0 saturated carbocycles. The maximum Gasteiger partial charge on any atom is 0.345 e. The van der Waals surface area contributed by atoms with Crippen LogP contribution in [0.3, 0.4) is 0 Å². The Labute approximate surface area is 173 Å². The molecule has 0 bridgehead atoms. The number of oxazole rings is 1. The van der Waals surface area contributed by atoms with Crippen molar-refractivity contribution in [1.29, 1.82) is 0 Å². The summed E-state index contributed by atoms with van der Waals surface area (Å²) in [5.74, 6) is 1.73. The van der Waals surface area contributed by atoms with Crippen LogP contribution in [0, 0.1) is 6.92 Å². The number of piperidine rings is 1. The van der Waals surface area contributed by atoms with E-state index in [0.717, 1.165) is 30.6 Å². The number of para-hydroxylation sites is 1. The predicted octanol–water partition coefficient (Wildman–Crippen LogP) is 3.03. The second-order valence-electron chi connectivity index (χ2n) is 7.42. The van der Waals surface area contributed by atoms with Crippen molar-refractivity contribution in [1.82, 2.24) is 19.9 Å². The third-order valence-corrected chi connectivity index (χ3v) is 5.28. The van der Waals surface area contributed by atoms with E-state index >= 15 is 0 Å². The zero-order valence-corrected chi connectivity index (χ0v) is 17.1. The van der Waals surface area contributed by atoms with E-state index in [4.69, 9.17) is 9.15 Å². The number of rotatable bonds is 5. The summed E-state index contributed by atoms with van der Waals surface area (Å²) in [5, 5.41) is 0. The Hall–Kier alpha value is -3.42. The maximum absolute atomic E-state index is 13.1. The Bertz CT molecular complexity index is 1100. The molecule has 3 heterocycles. The monoisotopic (exact) mass is 408 g/mol. The number of hydrogen-bond donors (Lipinski definition) is 1. The van der Waals surface area contributed by atoms with Gasteiger partial charge >= 0.3 is 5.69 Å². The van der Waals surface area contributed by atoms with Gasteiger partial charge in [-0.15, -0.1) is 0 Å². The van der Waals surface area contributed by atoms with Crippen LogP contribution in [-0.4, -0.2) is 39.4 Å². The average Bonchev–Trinajstić information content (AvgIpc) is 3.21. The van der Waals surface area contributed by atoms with Gasteiger partial charge in [0.05, 0.1) is 13.3 Å². The molecule has 8 nitrogen and oxygen atoms in total. The fraction of sp³-hybridized carbons (Fsp3) is 0.364. The second kappa shape index (κ2) is 8.52. The van der Waals surface area contributed by atoms with E-state index in [1.54, 1.807) is 31.2 Å². The van der Waals surface area contributed by atoms with Crippen LogP contribution in [0.5, 0.6) is 5.75 Å². The summed E-state index contributed by atoms with van der Waals surface area (Å²) in [6.07, 6.45) is 4.86. The first kappa shape index (κ1) is 19.9. The highest BCUT2D eigenvalue weighted by atomic mass is 16.5. The molecule has 1 amide bonds. The summed E-state index contributed by atoms with van der Waals surface area (Å²) < 4.78 is 11.4. The van der Waals surface area contributed by atoms with E-state index in [0.29, 0.717) is 30.3 Å². The topological polar surface area (TPSA) is 101 Å². The van der Waals surface area contributed by atoms with Gasteiger partial charge in [-0.25, -0.2) is 9.78 Å². The van der Waals surface area contributed by atoms with Gasteiger partial charge in [0.15, 0.2) is 0 Å². The van der Waals surface area contributed by atoms with Crippen LogP contribution < -0.4 is 10.4 Å². The van der Waals surface area contributed by atoms with Crippen LogP contribution in [0.2, 0.25) is 0 Å². The number of aryl methyl sites for hydroxylation is 1. The normalized spacial score (nSPS) is 16.5. The quantitative estimate of drug-likeness (QED) is 0.696. The Morgan fingerprint density at radius 3 is 2.97 bits per heavy atom. The highest BCUT2D eigenvalue weighted by molar-refractivity contribution is 5.92. The lowest BCUT2D eigenvalue weighted by Crippen LogP contribution is -2.39. The minimum Gasteiger partial charge on any atom is -0.496 e. The molecule has 0 spiro atoms. The zero-order chi connectivity index (χ0) is 21.1. The molecule has 0 radical (unpaired) electrons. The molecule has 1 aliphatic heterocycles. The van der Waals surface area contributed by atoms with E-state index in [2.05, 4.69) is 15.0 Å². The van der Waals surface area contributed by atoms with Crippen molar-refractivity contribution in [3.63, 3.8) is 0 Å². The zero-order valence-electron chi connectivity index (χ0n) is 17.1. The van der Waals surface area contributed by atoms with E-state index in [1.807, 2.05) is 24.3 Å². The predicted molar refractivity (Wildman–Crippen MR) is 110 cm³/mol. The number of carbonyl (C=O) groups is 1. The Balaban J connectivity index is 1.57. The number of carbonyl (C=O) groups excluding carboxylic acids is 1. The van der Waals surface area contributed by atoms with Gasteiger partial charge in [-0.2, -0.15) is 4.98 Å². The van der Waals surface area contributed by atoms with Gasteiger partial charge in [0.2, 0.25) is 5.89 Å². The van der Waals surface area contributed by atoms with Gasteiger partial charge in [-0.05, 0) is 38.3 Å². The number of nitrogens with zero attached hydrogens (tertiary/aromatic N) is 3. The van der Waals surface area contributed by atoms with E-state index in [-0.39, 0.29) is 17.6 Å². The minimum absolute atomic E-state index is 0.143. The minimum atomic E-state index is -0.526. The van der Waals surface area contributed by atoms with Crippen LogP contribution in [0.4, 0.5) is 0 Å². The summed E-state index contributed by atoms with van der Waals surface area (Å²) in [6, 6.07) is 9.08. The number of nitrogens with one attached hydrogen (secondary N) is 1. The SMILES string of the molecule is COc1ccccc1Cc1cnc(C2CCCCN2C(=O)c2cc(C)[nH]c(=O)n2)o1. The standard InChI is InChI=1S/C22H24N4O4/c1-14-11-17(25-22(28)24-14)21(27)26-10-6-5-8-18(26)20-23-13-16(30-20)12-15-7-3-4-9-19(15)29-2/h3-4,7,9,11,13,18H,5-6,8,10,12H2,1-2H3,(H,24,25,28). The van der Waals surface area contributed by atoms with Gasteiger partial charge in [-0.3, -0.25) is 4.79 Å². The highest BCUT2D eigenvalue weighted by Crippen LogP contribution is 2.32. The molecule has 1 atom stereocenters. The molecule has 156 valence electrons. The number of methoxy groups -OCH3 is 1. The molecule has 30 heavy (non-hydrogen) atoms. The Morgan fingerprint density at radius 1 is 1.33 bits per heavy atom. The van der Waals surface area contributed by atoms with E-state index in [9.17, 15) is 9.59 Å². The number of hydrogen-bond acceptors (Lipinski definition) is 6. The molecule has 8 heteroatoms. The fourth-order valence-electron chi connectivity index (χ4n) is 3.86. The molecule has 1 fully saturated rings. The van der Waals surface area contributed by atoms with Gasteiger partial charge in [0.25, 0.3) is 5.91 Å². The molecule has 3 aromatic rings. The van der Waals surface area contributed by atoms with Crippen molar-refractivity contribution < 1.29 is 13.9 Å². The lowest BCUT2D eigenvalue weighted by atomic mass is 10.0. The summed E-state index contributed by atoms with van der Waals surface area (Å²) >= 11 is 0. The molecule has 1 saturated heterocycles. The van der Waals surface area contributed by atoms with Crippen molar-refractivity contribution in [2.45, 2.75) is 38.6 Å². The molecule has 1 unspecified atom stereocenters. The molecule has 4 rings (SSSR count). The summed E-state index contributed by atoms with van der Waals surface area (Å²) in [5.41, 5.74) is 1.22. The third kappa shape index (κ3) is 4.12. The number of benzene rings is 1. The fourth-order valence-corrected chi connectivity index (χ4v) is 3.86. The van der Waals surface area contributed by atoms with Gasteiger partial charge < -0.3 is 19.0 Å². The largest absolute Gasteiger partial charge is 0.496 e. The summed E-state index contributed by atoms with van der Waals surface area (Å²) in [4.78, 5) is 37.4. The van der Waals surface area contributed by atoms with Crippen molar-refractivity contribution in [3.8, 4) is 5.75 Å². The van der Waals surface area contributed by atoms with Crippen molar-refractivity contribution in [2.75, 3.05) is 13.7 Å². The first-order valence-electron chi connectivity index (χ1n) is 10.0. The molecular weight excluding hydrogens is 384 g/mol. The van der Waals surface area contributed by atoms with E-state index in [1.165, 1.54) is 0 Å². The second-order valence-corrected chi connectivity index (χ2v) is 7.42. The molecule has 2 aromatic heterocycles. The Morgan fingerprint density at radius 2 is 2.17 bits per heavy atom. The highest BCUT2D eigenvalue weighted by Gasteiger charge is 2.32. The number of aromatic amines is 1. The smallest absolute Gasteiger partial charge is 0.345 e. The number of aromatic nitrogens is 3. The molecule has 1 aromatic carbocycles. The van der Waals surface area contributed by atoms with Crippen molar-refractivity contribution in [3.05, 3.63) is 75.6 Å². The first-order valence-corrected chi connectivity index (χ1v) is 10.0. The third-order valence-electron chi connectivity index (χ3n) is 5.28. The number of ether oxygens (including phenoxy) is 1. The summed E-state index contributed by atoms with van der Waals surface area (Å²) in [7, 11) is 1.64. The maximum atomic E-state index is 13.1. The van der Waals surface area contributed by atoms with E-state index < -0.39 is 5.69 Å². The van der Waals surface area contributed by atoms with Crippen LogP contribution in [-0.2, 0) is 6.42 Å². The molecule has 0 aliphatic carbocycles. The van der Waals surface area contributed by atoms with Crippen molar-refractivity contribution >= 4 is 5.91 Å². The lowest BCUT2D eigenvalue weighted by Gasteiger charge is -2.33. The van der Waals surface area contributed by atoms with Crippen LogP contribution >= 0.6 is 0 Å². The first-order chi connectivity index (χ1) is 14.5. The number of likely N-dealkylation sites (tertiary alicyclic amines) is 1. The van der Waals surface area contributed by atoms with Crippen LogP contribution in [0.15, 0.2) is 45.7 Å². The average molecular weight is 408 g/mol. The summed E-state index contributed by atoms with van der Waals surface area (Å²) in [6.45, 7) is 2.30. The van der Waals surface area contributed by atoms with Crippen LogP contribution in [0.25, 0.3) is 0 Å². The Kier molecular flexibility index (Phi) is 5.65. The lowest BCUT2D eigenvalue weighted by molar-refractivity contribution is 0.0563. The van der Waals surface area contributed by atoms with Crippen LogP contribution in [0.1, 0.15) is 58.7 Å². The van der Waals surface area contributed by atoms with Gasteiger partial charge in [0.1, 0.15) is 23.2 Å². The molecule has 1 N–H and O–H groups in total. The van der Waals surface area contributed by atoms with Gasteiger partial charge in [0, 0.05) is 24.2 Å². The van der Waals surface area contributed by atoms with Gasteiger partial charge in [-0.1, -0.05) is 18.2 Å². The number of amides is 1. The number of H-pyrrole nitrogens is 1. The van der Waals surface area contributed by atoms with Crippen molar-refractivity contribution in [2.24, 2.45) is 0 Å².